The summed E-state index contributed by atoms with van der Waals surface area (Å²) < 4.78 is 4.96. The highest BCUT2D eigenvalue weighted by Gasteiger charge is 2.27. The van der Waals surface area contributed by atoms with E-state index in [0.29, 0.717) is 24.7 Å². The number of β-amino-alcohol motifs (C(OH)–C–C–N with tert-alkyl or cyclic N) is 1. The number of aliphatic hydroxyl groups excluding tert-OH is 1. The van der Waals surface area contributed by atoms with Gasteiger partial charge in [-0.3, -0.25) is 0 Å². The fourth-order valence-electron chi connectivity index (χ4n) is 1.36. The van der Waals surface area contributed by atoms with Crippen LogP contribution >= 0.6 is 0 Å². The Hall–Kier alpha value is -0.940. The van der Waals surface area contributed by atoms with Crippen molar-refractivity contribution >= 4 is 0 Å². The Morgan fingerprint density at radius 3 is 3.00 bits per heavy atom. The van der Waals surface area contributed by atoms with Gasteiger partial charge in [0.1, 0.15) is 0 Å². The Balaban J connectivity index is 2.11. The number of aliphatic hydroxyl groups is 1. The Morgan fingerprint density at radius 2 is 2.50 bits per heavy atom. The largest absolute Gasteiger partial charge is 0.392 e. The molecule has 2 atom stereocenters. The van der Waals surface area contributed by atoms with Gasteiger partial charge < -0.3 is 14.9 Å². The van der Waals surface area contributed by atoms with Gasteiger partial charge in [-0.15, -0.1) is 0 Å². The van der Waals surface area contributed by atoms with Gasteiger partial charge in [-0.2, -0.15) is 4.98 Å². The van der Waals surface area contributed by atoms with Gasteiger partial charge in [-0.05, 0) is 13.3 Å². The lowest BCUT2D eigenvalue weighted by Crippen LogP contribution is -2.15. The molecule has 1 saturated heterocycles. The molecule has 1 fully saturated rings. The van der Waals surface area contributed by atoms with E-state index < -0.39 is 0 Å². The molecule has 2 N–H and O–H groups in total. The molecule has 0 amide bonds. The van der Waals surface area contributed by atoms with Crippen molar-refractivity contribution in [3.8, 4) is 0 Å². The van der Waals surface area contributed by atoms with E-state index in [1.165, 1.54) is 0 Å². The van der Waals surface area contributed by atoms with E-state index in [2.05, 4.69) is 15.5 Å². The predicted molar refractivity (Wildman–Crippen MR) is 40.4 cm³/mol. The van der Waals surface area contributed by atoms with Crippen LogP contribution in [-0.4, -0.2) is 27.9 Å². The van der Waals surface area contributed by atoms with Gasteiger partial charge in [-0.25, -0.2) is 0 Å². The lowest BCUT2D eigenvalue weighted by atomic mass is 10.2. The van der Waals surface area contributed by atoms with Crippen LogP contribution in [0.4, 0.5) is 0 Å². The van der Waals surface area contributed by atoms with E-state index in [-0.39, 0.29) is 12.1 Å². The standard InChI is InChI=1S/C7H11N3O2/c1-4-9-7(12-10-4)6-2-5(11)3-8-6/h5-6,8,11H,2-3H2,1H3. The minimum Gasteiger partial charge on any atom is -0.392 e. The van der Waals surface area contributed by atoms with Gasteiger partial charge in [0.05, 0.1) is 12.1 Å². The van der Waals surface area contributed by atoms with Crippen molar-refractivity contribution < 1.29 is 9.63 Å². The number of aryl methyl sites for hydroxylation is 1. The molecule has 1 aliphatic heterocycles. The quantitative estimate of drug-likeness (QED) is 0.607. The molecular formula is C7H11N3O2. The van der Waals surface area contributed by atoms with Crippen molar-refractivity contribution in [2.45, 2.75) is 25.5 Å². The zero-order valence-corrected chi connectivity index (χ0v) is 6.82. The zero-order valence-electron chi connectivity index (χ0n) is 6.82. The summed E-state index contributed by atoms with van der Waals surface area (Å²) >= 11 is 0. The first-order chi connectivity index (χ1) is 5.75. The average Bonchev–Trinajstić information content (AvgIpc) is 2.58. The molecule has 2 rings (SSSR count). The highest BCUT2D eigenvalue weighted by Crippen LogP contribution is 2.21. The first-order valence-corrected chi connectivity index (χ1v) is 3.97. The van der Waals surface area contributed by atoms with Crippen LogP contribution in [0.1, 0.15) is 24.2 Å². The van der Waals surface area contributed by atoms with Crippen LogP contribution in [0.5, 0.6) is 0 Å². The fourth-order valence-corrected chi connectivity index (χ4v) is 1.36. The Morgan fingerprint density at radius 1 is 1.67 bits per heavy atom. The van der Waals surface area contributed by atoms with E-state index in [1.807, 2.05) is 0 Å². The van der Waals surface area contributed by atoms with Crippen molar-refractivity contribution in [1.29, 1.82) is 0 Å². The van der Waals surface area contributed by atoms with Gasteiger partial charge in [0.2, 0.25) is 5.89 Å². The first-order valence-electron chi connectivity index (χ1n) is 3.97. The molecule has 0 saturated carbocycles. The molecule has 5 nitrogen and oxygen atoms in total. The van der Waals surface area contributed by atoms with Crippen LogP contribution < -0.4 is 5.32 Å². The molecule has 0 aliphatic carbocycles. The predicted octanol–water partition coefficient (Wildman–Crippen LogP) is -0.227. The number of aromatic nitrogens is 2. The molecule has 0 spiro atoms. The third-order valence-corrected chi connectivity index (χ3v) is 1.95. The van der Waals surface area contributed by atoms with E-state index in [9.17, 15) is 5.11 Å². The van der Waals surface area contributed by atoms with E-state index in [0.717, 1.165) is 0 Å². The Bertz CT molecular complexity index is 273. The maximum Gasteiger partial charge on any atom is 0.243 e. The minimum absolute atomic E-state index is 0.0289. The van der Waals surface area contributed by atoms with Crippen molar-refractivity contribution in [2.24, 2.45) is 0 Å². The van der Waals surface area contributed by atoms with Crippen molar-refractivity contribution in [1.82, 2.24) is 15.5 Å². The maximum atomic E-state index is 9.22. The van der Waals surface area contributed by atoms with Crippen LogP contribution in [0.3, 0.4) is 0 Å². The van der Waals surface area contributed by atoms with Crippen molar-refractivity contribution in [3.05, 3.63) is 11.7 Å². The van der Waals surface area contributed by atoms with Crippen LogP contribution in [0.2, 0.25) is 0 Å². The molecule has 1 aromatic heterocycles. The third-order valence-electron chi connectivity index (χ3n) is 1.95. The summed E-state index contributed by atoms with van der Waals surface area (Å²) in [5.41, 5.74) is 0. The highest BCUT2D eigenvalue weighted by atomic mass is 16.5. The summed E-state index contributed by atoms with van der Waals surface area (Å²) in [5.74, 6) is 1.21. The number of rotatable bonds is 1. The maximum absolute atomic E-state index is 9.22. The van der Waals surface area contributed by atoms with Crippen LogP contribution in [0, 0.1) is 6.92 Å². The number of nitrogens with zero attached hydrogens (tertiary/aromatic N) is 2. The Labute approximate surface area is 69.8 Å². The normalized spacial score (nSPS) is 29.5. The minimum atomic E-state index is -0.290. The summed E-state index contributed by atoms with van der Waals surface area (Å²) in [5, 5.41) is 16.0. The second kappa shape index (κ2) is 2.84. The van der Waals surface area contributed by atoms with E-state index in [1.54, 1.807) is 6.92 Å². The average molecular weight is 169 g/mol. The zero-order chi connectivity index (χ0) is 8.55. The second-order valence-electron chi connectivity index (χ2n) is 3.03. The summed E-state index contributed by atoms with van der Waals surface area (Å²) in [6, 6.07) is 0.0289. The lowest BCUT2D eigenvalue weighted by Gasteiger charge is -2.01. The molecule has 0 radical (unpaired) electrons. The SMILES string of the molecule is Cc1noc(C2CC(O)CN2)n1. The van der Waals surface area contributed by atoms with Gasteiger partial charge in [-0.1, -0.05) is 5.16 Å². The highest BCUT2D eigenvalue weighted by molar-refractivity contribution is 4.96. The third kappa shape index (κ3) is 1.33. The monoisotopic (exact) mass is 169 g/mol. The summed E-state index contributed by atoms with van der Waals surface area (Å²) in [6.45, 7) is 2.38. The van der Waals surface area contributed by atoms with Gasteiger partial charge in [0.15, 0.2) is 5.82 Å². The topological polar surface area (TPSA) is 71.2 Å². The van der Waals surface area contributed by atoms with Gasteiger partial charge in [0, 0.05) is 6.54 Å². The molecule has 12 heavy (non-hydrogen) atoms. The summed E-state index contributed by atoms with van der Waals surface area (Å²) in [6.07, 6.45) is 0.365. The van der Waals surface area contributed by atoms with Crippen LogP contribution in [0.25, 0.3) is 0 Å². The van der Waals surface area contributed by atoms with Crippen molar-refractivity contribution in [2.75, 3.05) is 6.54 Å². The van der Waals surface area contributed by atoms with E-state index in [4.69, 9.17) is 4.52 Å². The summed E-state index contributed by atoms with van der Waals surface area (Å²) in [4.78, 5) is 4.08. The number of hydrogen-bond acceptors (Lipinski definition) is 5. The fraction of sp³-hybridized carbons (Fsp3) is 0.714. The first kappa shape index (κ1) is 7.70. The van der Waals surface area contributed by atoms with Crippen molar-refractivity contribution in [3.63, 3.8) is 0 Å². The molecule has 66 valence electrons. The molecule has 5 heteroatoms. The molecule has 2 unspecified atom stereocenters. The molecule has 0 bridgehead atoms. The lowest BCUT2D eigenvalue weighted by molar-refractivity contribution is 0.191. The molecular weight excluding hydrogens is 158 g/mol. The van der Waals surface area contributed by atoms with Gasteiger partial charge >= 0.3 is 0 Å². The Kier molecular flexibility index (Phi) is 1.82. The number of nitrogens with one attached hydrogen (secondary N) is 1. The smallest absolute Gasteiger partial charge is 0.243 e. The molecule has 2 heterocycles. The molecule has 0 aromatic carbocycles. The van der Waals surface area contributed by atoms with Crippen LogP contribution in [0.15, 0.2) is 4.52 Å². The summed E-state index contributed by atoms with van der Waals surface area (Å²) in [7, 11) is 0. The second-order valence-corrected chi connectivity index (χ2v) is 3.03. The van der Waals surface area contributed by atoms with Crippen LogP contribution in [-0.2, 0) is 0 Å². The molecule has 1 aromatic rings. The number of hydrogen-bond donors (Lipinski definition) is 2. The molecule has 1 aliphatic rings. The van der Waals surface area contributed by atoms with E-state index >= 15 is 0 Å². The van der Waals surface area contributed by atoms with Gasteiger partial charge in [0.25, 0.3) is 0 Å².